The van der Waals surface area contributed by atoms with Crippen LogP contribution in [0.3, 0.4) is 0 Å². The van der Waals surface area contributed by atoms with Crippen molar-refractivity contribution < 1.29 is 23.9 Å². The standard InChI is InChI=1S/C25H20ClN3O5/c1-34-21-14-8-5-11-17(21)24(32)29(27-23(31)16-9-3-2-4-10-16)20-15-22(30)28(25(20)33)19-13-7-6-12-18(19)26/h2-14,20H,15H2,1H3,(H,27,31)/t20-/m0/s1. The predicted molar refractivity (Wildman–Crippen MR) is 125 cm³/mol. The van der Waals surface area contributed by atoms with Gasteiger partial charge in [0.25, 0.3) is 17.7 Å². The number of methoxy groups -OCH3 is 1. The quantitative estimate of drug-likeness (QED) is 0.448. The van der Waals surface area contributed by atoms with Gasteiger partial charge in [-0.2, -0.15) is 0 Å². The summed E-state index contributed by atoms with van der Waals surface area (Å²) in [5, 5.41) is 1.10. The van der Waals surface area contributed by atoms with Gasteiger partial charge in [-0.25, -0.2) is 9.91 Å². The second kappa shape index (κ2) is 9.76. The van der Waals surface area contributed by atoms with E-state index in [2.05, 4.69) is 5.43 Å². The van der Waals surface area contributed by atoms with Crippen molar-refractivity contribution in [1.29, 1.82) is 0 Å². The lowest BCUT2D eigenvalue weighted by atomic mass is 10.1. The van der Waals surface area contributed by atoms with Crippen LogP contribution in [0.4, 0.5) is 5.69 Å². The molecule has 4 rings (SSSR count). The van der Waals surface area contributed by atoms with E-state index in [1.807, 2.05) is 0 Å². The fourth-order valence-electron chi connectivity index (χ4n) is 3.69. The van der Waals surface area contributed by atoms with Crippen molar-refractivity contribution in [3.8, 4) is 5.75 Å². The molecule has 0 unspecified atom stereocenters. The number of carbonyl (C=O) groups is 4. The van der Waals surface area contributed by atoms with Crippen molar-refractivity contribution in [2.24, 2.45) is 0 Å². The highest BCUT2D eigenvalue weighted by atomic mass is 35.5. The normalized spacial score (nSPS) is 15.2. The topological polar surface area (TPSA) is 96.0 Å². The van der Waals surface area contributed by atoms with E-state index in [0.29, 0.717) is 0 Å². The molecule has 1 fully saturated rings. The third kappa shape index (κ3) is 4.35. The van der Waals surface area contributed by atoms with Gasteiger partial charge in [0.15, 0.2) is 0 Å². The lowest BCUT2D eigenvalue weighted by molar-refractivity contribution is -0.122. The van der Waals surface area contributed by atoms with Gasteiger partial charge >= 0.3 is 0 Å². The first-order chi connectivity index (χ1) is 16.4. The summed E-state index contributed by atoms with van der Waals surface area (Å²) in [6.07, 6.45) is -0.333. The van der Waals surface area contributed by atoms with E-state index >= 15 is 0 Å². The van der Waals surface area contributed by atoms with E-state index in [1.165, 1.54) is 19.2 Å². The zero-order valence-corrected chi connectivity index (χ0v) is 18.9. The number of imide groups is 1. The fourth-order valence-corrected chi connectivity index (χ4v) is 3.91. The van der Waals surface area contributed by atoms with E-state index < -0.39 is 29.7 Å². The first-order valence-corrected chi connectivity index (χ1v) is 10.7. The SMILES string of the molecule is COc1ccccc1C(=O)N(NC(=O)c1ccccc1)[C@H]1CC(=O)N(c2ccccc2Cl)C1=O. The molecule has 1 N–H and O–H groups in total. The van der Waals surface area contributed by atoms with E-state index in [1.54, 1.807) is 66.7 Å². The maximum atomic E-state index is 13.6. The largest absolute Gasteiger partial charge is 0.496 e. The van der Waals surface area contributed by atoms with Gasteiger partial charge in [0, 0.05) is 5.56 Å². The summed E-state index contributed by atoms with van der Waals surface area (Å²) in [5.41, 5.74) is 3.13. The van der Waals surface area contributed by atoms with Crippen LogP contribution in [0.15, 0.2) is 78.9 Å². The van der Waals surface area contributed by atoms with Gasteiger partial charge in [-0.15, -0.1) is 0 Å². The number of halogens is 1. The van der Waals surface area contributed by atoms with Crippen LogP contribution in [-0.4, -0.2) is 41.8 Å². The zero-order valence-electron chi connectivity index (χ0n) is 18.1. The molecule has 1 saturated heterocycles. The monoisotopic (exact) mass is 477 g/mol. The number of carbonyl (C=O) groups excluding carboxylic acids is 4. The number of hydrogen-bond donors (Lipinski definition) is 1. The molecule has 8 nitrogen and oxygen atoms in total. The van der Waals surface area contributed by atoms with Gasteiger partial charge in [-0.3, -0.25) is 24.6 Å². The Hall–Kier alpha value is -4.17. The molecule has 1 atom stereocenters. The first-order valence-electron chi connectivity index (χ1n) is 10.4. The van der Waals surface area contributed by atoms with Gasteiger partial charge in [0.2, 0.25) is 5.91 Å². The second-order valence-corrected chi connectivity index (χ2v) is 7.83. The Morgan fingerprint density at radius 3 is 2.32 bits per heavy atom. The fraction of sp³-hybridized carbons (Fsp3) is 0.120. The molecule has 0 aromatic heterocycles. The molecule has 0 saturated carbocycles. The molecule has 1 aliphatic rings. The van der Waals surface area contributed by atoms with Gasteiger partial charge < -0.3 is 4.74 Å². The Morgan fingerprint density at radius 2 is 1.62 bits per heavy atom. The lowest BCUT2D eigenvalue weighted by Crippen LogP contribution is -2.54. The van der Waals surface area contributed by atoms with E-state index in [0.717, 1.165) is 9.91 Å². The van der Waals surface area contributed by atoms with Crippen molar-refractivity contribution >= 4 is 40.9 Å². The Bertz CT molecular complexity index is 1260. The molecule has 4 amide bonds. The van der Waals surface area contributed by atoms with Crippen LogP contribution in [0.5, 0.6) is 5.75 Å². The Morgan fingerprint density at radius 1 is 0.971 bits per heavy atom. The number of para-hydroxylation sites is 2. The van der Waals surface area contributed by atoms with Gasteiger partial charge in [-0.1, -0.05) is 54.1 Å². The van der Waals surface area contributed by atoms with Crippen LogP contribution < -0.4 is 15.1 Å². The first kappa shape index (κ1) is 23.0. The number of nitrogens with one attached hydrogen (secondary N) is 1. The molecule has 3 aromatic rings. The molecule has 1 heterocycles. The molecule has 0 bridgehead atoms. The summed E-state index contributed by atoms with van der Waals surface area (Å²) < 4.78 is 5.28. The van der Waals surface area contributed by atoms with Crippen molar-refractivity contribution in [3.63, 3.8) is 0 Å². The Labute approximate surface area is 200 Å². The molecule has 1 aliphatic heterocycles. The van der Waals surface area contributed by atoms with Gasteiger partial charge in [0.1, 0.15) is 11.8 Å². The number of anilines is 1. The molecule has 3 aromatic carbocycles. The third-order valence-electron chi connectivity index (χ3n) is 5.34. The van der Waals surface area contributed by atoms with Crippen molar-refractivity contribution in [2.75, 3.05) is 12.0 Å². The number of nitrogens with zero attached hydrogens (tertiary/aromatic N) is 2. The highest BCUT2D eigenvalue weighted by Crippen LogP contribution is 2.32. The number of amides is 4. The maximum Gasteiger partial charge on any atom is 0.276 e. The lowest BCUT2D eigenvalue weighted by Gasteiger charge is -2.28. The zero-order chi connectivity index (χ0) is 24.2. The van der Waals surface area contributed by atoms with E-state index in [-0.39, 0.29) is 34.0 Å². The minimum Gasteiger partial charge on any atom is -0.496 e. The minimum atomic E-state index is -1.28. The third-order valence-corrected chi connectivity index (χ3v) is 5.66. The predicted octanol–water partition coefficient (Wildman–Crippen LogP) is 3.47. The smallest absolute Gasteiger partial charge is 0.276 e. The Balaban J connectivity index is 1.72. The van der Waals surface area contributed by atoms with E-state index in [4.69, 9.17) is 16.3 Å². The molecular weight excluding hydrogens is 458 g/mol. The van der Waals surface area contributed by atoms with Crippen LogP contribution in [-0.2, 0) is 9.59 Å². The summed E-state index contributed by atoms with van der Waals surface area (Å²) in [6.45, 7) is 0. The van der Waals surface area contributed by atoms with Crippen LogP contribution >= 0.6 is 11.6 Å². The maximum absolute atomic E-state index is 13.6. The Kier molecular flexibility index (Phi) is 6.60. The number of rotatable bonds is 5. The number of ether oxygens (including phenoxy) is 1. The summed E-state index contributed by atoms with van der Waals surface area (Å²) in [7, 11) is 1.41. The number of hydrazine groups is 1. The van der Waals surface area contributed by atoms with Crippen LogP contribution in [0.1, 0.15) is 27.1 Å². The molecule has 9 heteroatoms. The van der Waals surface area contributed by atoms with Crippen LogP contribution in [0.2, 0.25) is 5.02 Å². The molecule has 0 aliphatic carbocycles. The summed E-state index contributed by atoms with van der Waals surface area (Å²) in [6, 6.07) is 19.8. The van der Waals surface area contributed by atoms with Crippen molar-refractivity contribution in [1.82, 2.24) is 10.4 Å². The molecular formula is C25H20ClN3O5. The van der Waals surface area contributed by atoms with Crippen molar-refractivity contribution in [2.45, 2.75) is 12.5 Å². The van der Waals surface area contributed by atoms with Gasteiger partial charge in [0.05, 0.1) is 29.8 Å². The van der Waals surface area contributed by atoms with Crippen molar-refractivity contribution in [3.05, 3.63) is 95.0 Å². The summed E-state index contributed by atoms with van der Waals surface area (Å²) >= 11 is 6.21. The average molecular weight is 478 g/mol. The van der Waals surface area contributed by atoms with Crippen LogP contribution in [0.25, 0.3) is 0 Å². The summed E-state index contributed by atoms with van der Waals surface area (Å²) in [4.78, 5) is 53.7. The number of benzene rings is 3. The van der Waals surface area contributed by atoms with Crippen LogP contribution in [0, 0.1) is 0 Å². The van der Waals surface area contributed by atoms with E-state index in [9.17, 15) is 19.2 Å². The average Bonchev–Trinajstić information content (AvgIpc) is 3.16. The molecule has 0 spiro atoms. The molecule has 0 radical (unpaired) electrons. The van der Waals surface area contributed by atoms with Gasteiger partial charge in [-0.05, 0) is 36.4 Å². The highest BCUT2D eigenvalue weighted by Gasteiger charge is 2.46. The second-order valence-electron chi connectivity index (χ2n) is 7.42. The highest BCUT2D eigenvalue weighted by molar-refractivity contribution is 6.36. The molecule has 34 heavy (non-hydrogen) atoms. The summed E-state index contributed by atoms with van der Waals surface area (Å²) in [5.74, 6) is -2.29. The molecule has 172 valence electrons. The number of hydrogen-bond acceptors (Lipinski definition) is 5. The minimum absolute atomic E-state index is 0.120.